The zero-order valence-electron chi connectivity index (χ0n) is 16.6. The van der Waals surface area contributed by atoms with Crippen molar-refractivity contribution in [1.82, 2.24) is 9.55 Å². The average molecular weight is 407 g/mol. The summed E-state index contributed by atoms with van der Waals surface area (Å²) < 4.78 is 6.02. The minimum absolute atomic E-state index is 0.0941. The van der Waals surface area contributed by atoms with Crippen LogP contribution in [0.2, 0.25) is 0 Å². The average Bonchev–Trinajstić information content (AvgIpc) is 2.72. The first-order valence-electron chi connectivity index (χ1n) is 9.33. The van der Waals surface area contributed by atoms with Gasteiger partial charge in [-0.25, -0.2) is 9.59 Å². The van der Waals surface area contributed by atoms with Crippen molar-refractivity contribution in [1.29, 1.82) is 0 Å². The number of hydrogen-bond acceptors (Lipinski definition) is 6. The van der Waals surface area contributed by atoms with E-state index in [2.05, 4.69) is 9.98 Å². The SMILES string of the molecule is CCOC(=O)c1ccc(N=C(C)c2c(O)n(Cc3ccccc3)c(=O)[nH]c2=O)cc1. The van der Waals surface area contributed by atoms with E-state index in [-0.39, 0.29) is 24.4 Å². The molecule has 8 nitrogen and oxygen atoms in total. The highest BCUT2D eigenvalue weighted by atomic mass is 16.5. The zero-order chi connectivity index (χ0) is 21.7. The van der Waals surface area contributed by atoms with E-state index in [1.54, 1.807) is 38.1 Å². The molecule has 0 saturated carbocycles. The molecule has 0 radical (unpaired) electrons. The second-order valence-electron chi connectivity index (χ2n) is 6.49. The number of nitrogens with zero attached hydrogens (tertiary/aromatic N) is 2. The van der Waals surface area contributed by atoms with Gasteiger partial charge in [0.15, 0.2) is 0 Å². The van der Waals surface area contributed by atoms with Crippen molar-refractivity contribution in [2.45, 2.75) is 20.4 Å². The molecule has 0 unspecified atom stereocenters. The third kappa shape index (κ3) is 4.54. The van der Waals surface area contributed by atoms with Gasteiger partial charge in [0.1, 0.15) is 5.56 Å². The van der Waals surface area contributed by atoms with Crippen molar-refractivity contribution in [3.8, 4) is 5.88 Å². The van der Waals surface area contributed by atoms with Gasteiger partial charge in [-0.15, -0.1) is 0 Å². The van der Waals surface area contributed by atoms with E-state index in [0.717, 1.165) is 10.1 Å². The Morgan fingerprint density at radius 2 is 1.77 bits per heavy atom. The number of aromatic nitrogens is 2. The Hall–Kier alpha value is -3.94. The summed E-state index contributed by atoms with van der Waals surface area (Å²) in [4.78, 5) is 42.9. The molecule has 154 valence electrons. The fourth-order valence-corrected chi connectivity index (χ4v) is 2.93. The maximum atomic E-state index is 12.3. The first kappa shape index (κ1) is 20.8. The number of carbonyl (C=O) groups excluding carboxylic acids is 1. The molecule has 3 aromatic rings. The number of hydrogen-bond donors (Lipinski definition) is 2. The summed E-state index contributed by atoms with van der Waals surface area (Å²) in [6.07, 6.45) is 0. The van der Waals surface area contributed by atoms with Crippen LogP contribution in [0.5, 0.6) is 5.88 Å². The van der Waals surface area contributed by atoms with E-state index in [0.29, 0.717) is 11.3 Å². The highest BCUT2D eigenvalue weighted by Gasteiger charge is 2.17. The third-order valence-corrected chi connectivity index (χ3v) is 4.39. The summed E-state index contributed by atoms with van der Waals surface area (Å²) in [5, 5.41) is 10.6. The number of aromatic amines is 1. The number of H-pyrrole nitrogens is 1. The Balaban J connectivity index is 1.96. The number of benzene rings is 2. The Labute approximate surface area is 172 Å². The number of ether oxygens (including phenoxy) is 1. The molecule has 2 N–H and O–H groups in total. The van der Waals surface area contributed by atoms with Gasteiger partial charge in [0, 0.05) is 0 Å². The lowest BCUT2D eigenvalue weighted by atomic mass is 10.1. The van der Waals surface area contributed by atoms with Gasteiger partial charge < -0.3 is 9.84 Å². The smallest absolute Gasteiger partial charge is 0.338 e. The molecule has 0 aliphatic carbocycles. The number of esters is 1. The largest absolute Gasteiger partial charge is 0.494 e. The Kier molecular flexibility index (Phi) is 6.26. The van der Waals surface area contributed by atoms with E-state index < -0.39 is 23.1 Å². The first-order valence-corrected chi connectivity index (χ1v) is 9.33. The van der Waals surface area contributed by atoms with Crippen molar-refractivity contribution in [2.75, 3.05) is 6.61 Å². The summed E-state index contributed by atoms with van der Waals surface area (Å²) in [6, 6.07) is 15.4. The number of aromatic hydroxyl groups is 1. The van der Waals surface area contributed by atoms with E-state index in [1.165, 1.54) is 0 Å². The molecular weight excluding hydrogens is 386 g/mol. The summed E-state index contributed by atoms with van der Waals surface area (Å²) in [7, 11) is 0. The van der Waals surface area contributed by atoms with Crippen LogP contribution in [0.15, 0.2) is 69.2 Å². The lowest BCUT2D eigenvalue weighted by molar-refractivity contribution is 0.0526. The molecule has 0 atom stereocenters. The number of aliphatic imine (C=N–C) groups is 1. The van der Waals surface area contributed by atoms with Gasteiger partial charge in [-0.2, -0.15) is 0 Å². The molecule has 0 bridgehead atoms. The molecule has 8 heteroatoms. The van der Waals surface area contributed by atoms with Crippen LogP contribution in [0.3, 0.4) is 0 Å². The predicted molar refractivity (Wildman–Crippen MR) is 113 cm³/mol. The topological polar surface area (TPSA) is 114 Å². The molecule has 0 aliphatic rings. The van der Waals surface area contributed by atoms with Crippen LogP contribution in [0.1, 0.15) is 35.3 Å². The monoisotopic (exact) mass is 407 g/mol. The van der Waals surface area contributed by atoms with Crippen molar-refractivity contribution in [3.63, 3.8) is 0 Å². The van der Waals surface area contributed by atoms with Gasteiger partial charge in [0.25, 0.3) is 5.56 Å². The van der Waals surface area contributed by atoms with Gasteiger partial charge in [-0.1, -0.05) is 30.3 Å². The second kappa shape index (κ2) is 9.04. The quantitative estimate of drug-likeness (QED) is 0.482. The molecule has 0 amide bonds. The summed E-state index contributed by atoms with van der Waals surface area (Å²) >= 11 is 0. The van der Waals surface area contributed by atoms with Gasteiger partial charge in [-0.05, 0) is 43.7 Å². The lowest BCUT2D eigenvalue weighted by Crippen LogP contribution is -2.33. The van der Waals surface area contributed by atoms with Crippen molar-refractivity contribution < 1.29 is 14.6 Å². The summed E-state index contributed by atoms with van der Waals surface area (Å²) in [6.45, 7) is 3.65. The Morgan fingerprint density at radius 3 is 2.40 bits per heavy atom. The minimum atomic E-state index is -0.730. The zero-order valence-corrected chi connectivity index (χ0v) is 16.6. The van der Waals surface area contributed by atoms with Gasteiger partial charge >= 0.3 is 11.7 Å². The molecule has 1 heterocycles. The molecule has 3 rings (SSSR count). The van der Waals surface area contributed by atoms with Crippen molar-refractivity contribution >= 4 is 17.4 Å². The molecule has 1 aromatic heterocycles. The van der Waals surface area contributed by atoms with E-state index in [1.807, 2.05) is 30.3 Å². The van der Waals surface area contributed by atoms with E-state index in [4.69, 9.17) is 4.74 Å². The molecule has 0 spiro atoms. The second-order valence-corrected chi connectivity index (χ2v) is 6.49. The highest BCUT2D eigenvalue weighted by Crippen LogP contribution is 2.18. The molecule has 30 heavy (non-hydrogen) atoms. The molecule has 2 aromatic carbocycles. The normalized spacial score (nSPS) is 11.3. The standard InChI is InChI=1S/C22H21N3O5/c1-3-30-21(28)16-9-11-17(12-10-16)23-14(2)18-19(26)24-22(29)25(20(18)27)13-15-7-5-4-6-8-15/h4-12,27H,3,13H2,1-2H3,(H,24,26,29). The molecule has 0 fully saturated rings. The van der Waals surface area contributed by atoms with Crippen molar-refractivity contribution in [3.05, 3.63) is 92.1 Å². The number of carbonyl (C=O) groups is 1. The van der Waals surface area contributed by atoms with Crippen LogP contribution >= 0.6 is 0 Å². The van der Waals surface area contributed by atoms with Gasteiger partial charge in [0.2, 0.25) is 5.88 Å². The third-order valence-electron chi connectivity index (χ3n) is 4.39. The minimum Gasteiger partial charge on any atom is -0.494 e. The fraction of sp³-hybridized carbons (Fsp3) is 0.182. The van der Waals surface area contributed by atoms with Crippen LogP contribution in [0.4, 0.5) is 5.69 Å². The van der Waals surface area contributed by atoms with E-state index in [9.17, 15) is 19.5 Å². The summed E-state index contributed by atoms with van der Waals surface area (Å²) in [5.74, 6) is -0.899. The van der Waals surface area contributed by atoms with Crippen molar-refractivity contribution in [2.24, 2.45) is 4.99 Å². The first-order chi connectivity index (χ1) is 14.4. The Bertz CT molecular complexity index is 1190. The van der Waals surface area contributed by atoms with Crippen LogP contribution in [0, 0.1) is 0 Å². The molecular formula is C22H21N3O5. The predicted octanol–water partition coefficient (Wildman–Crippen LogP) is 2.61. The van der Waals surface area contributed by atoms with E-state index >= 15 is 0 Å². The molecule has 0 saturated heterocycles. The highest BCUT2D eigenvalue weighted by molar-refractivity contribution is 6.01. The van der Waals surface area contributed by atoms with Gasteiger partial charge in [-0.3, -0.25) is 19.3 Å². The van der Waals surface area contributed by atoms with Crippen LogP contribution in [-0.2, 0) is 11.3 Å². The Morgan fingerprint density at radius 1 is 1.10 bits per heavy atom. The molecule has 0 aliphatic heterocycles. The summed E-state index contributed by atoms with van der Waals surface area (Å²) in [5.41, 5.74) is 0.324. The fourth-order valence-electron chi connectivity index (χ4n) is 2.93. The number of nitrogens with one attached hydrogen (secondary N) is 1. The van der Waals surface area contributed by atoms with Gasteiger partial charge in [0.05, 0.1) is 30.1 Å². The van der Waals surface area contributed by atoms with Crippen LogP contribution in [-0.4, -0.2) is 32.9 Å². The van der Waals surface area contributed by atoms with Crippen LogP contribution in [0.25, 0.3) is 0 Å². The maximum Gasteiger partial charge on any atom is 0.338 e. The maximum absolute atomic E-state index is 12.3. The van der Waals surface area contributed by atoms with Crippen LogP contribution < -0.4 is 11.2 Å². The number of rotatable bonds is 6. The lowest BCUT2D eigenvalue weighted by Gasteiger charge is -2.11.